The van der Waals surface area contributed by atoms with Gasteiger partial charge >= 0.3 is 0 Å². The first-order valence-electron chi connectivity index (χ1n) is 6.14. The molecule has 1 rings (SSSR count). The van der Waals surface area contributed by atoms with Gasteiger partial charge in [-0.1, -0.05) is 37.6 Å². The second-order valence-electron chi connectivity index (χ2n) is 5.39. The highest BCUT2D eigenvalue weighted by Gasteiger charge is 2.20. The molecule has 0 saturated carbocycles. The van der Waals surface area contributed by atoms with Crippen molar-refractivity contribution in [2.24, 2.45) is 10.7 Å². The van der Waals surface area contributed by atoms with Crippen LogP contribution in [0.2, 0.25) is 5.02 Å². The van der Waals surface area contributed by atoms with Crippen LogP contribution in [-0.4, -0.2) is 18.5 Å². The molecule has 100 valence electrons. The molecule has 1 aromatic rings. The number of halogens is 1. The molecule has 0 fully saturated rings. The van der Waals surface area contributed by atoms with E-state index in [0.717, 1.165) is 5.02 Å². The number of aliphatic imine (C=N–C) groups is 1. The molecule has 0 aliphatic heterocycles. The van der Waals surface area contributed by atoms with Crippen molar-refractivity contribution in [2.45, 2.75) is 39.2 Å². The summed E-state index contributed by atoms with van der Waals surface area (Å²) in [6.07, 6.45) is 0. The zero-order valence-corrected chi connectivity index (χ0v) is 12.3. The molecule has 4 heteroatoms. The lowest BCUT2D eigenvalue weighted by Crippen LogP contribution is -2.38. The summed E-state index contributed by atoms with van der Waals surface area (Å²) in [6.45, 7) is 8.99. The van der Waals surface area contributed by atoms with Gasteiger partial charge in [0, 0.05) is 16.5 Å². The topological polar surface area (TPSA) is 50.4 Å². The zero-order chi connectivity index (χ0) is 13.8. The van der Waals surface area contributed by atoms with E-state index >= 15 is 0 Å². The maximum Gasteiger partial charge on any atom is 0.188 e. The molecule has 0 heterocycles. The van der Waals surface area contributed by atoms with E-state index in [1.165, 1.54) is 5.56 Å². The molecule has 18 heavy (non-hydrogen) atoms. The van der Waals surface area contributed by atoms with Crippen LogP contribution in [0.4, 0.5) is 0 Å². The van der Waals surface area contributed by atoms with E-state index in [2.05, 4.69) is 24.2 Å². The molecule has 0 aliphatic carbocycles. The van der Waals surface area contributed by atoms with Crippen molar-refractivity contribution < 1.29 is 0 Å². The summed E-state index contributed by atoms with van der Waals surface area (Å²) >= 11 is 5.89. The molecule has 0 aliphatic rings. The Balaban J connectivity index is 2.72. The Morgan fingerprint density at radius 1 is 1.33 bits per heavy atom. The summed E-state index contributed by atoms with van der Waals surface area (Å²) in [6, 6.07) is 8.16. The molecule has 0 amide bonds. The van der Waals surface area contributed by atoms with Crippen molar-refractivity contribution in [1.29, 1.82) is 0 Å². The van der Waals surface area contributed by atoms with E-state index in [0.29, 0.717) is 18.5 Å². The smallest absolute Gasteiger partial charge is 0.188 e. The van der Waals surface area contributed by atoms with Gasteiger partial charge in [-0.25, -0.2) is 0 Å². The van der Waals surface area contributed by atoms with Crippen LogP contribution in [0.3, 0.4) is 0 Å². The summed E-state index contributed by atoms with van der Waals surface area (Å²) in [5, 5.41) is 3.83. The van der Waals surface area contributed by atoms with Gasteiger partial charge in [-0.2, -0.15) is 0 Å². The molecule has 1 aromatic carbocycles. The first-order chi connectivity index (χ1) is 8.31. The van der Waals surface area contributed by atoms with Crippen LogP contribution >= 0.6 is 11.6 Å². The van der Waals surface area contributed by atoms with Crippen LogP contribution in [0.25, 0.3) is 0 Å². The predicted octanol–water partition coefficient (Wildman–Crippen LogP) is 2.93. The first-order valence-corrected chi connectivity index (χ1v) is 6.51. The molecule has 0 radical (unpaired) electrons. The third kappa shape index (κ3) is 4.57. The number of guanidine groups is 1. The fraction of sp³-hybridized carbons (Fsp3) is 0.500. The monoisotopic (exact) mass is 267 g/mol. The Hall–Kier alpha value is -1.22. The Morgan fingerprint density at radius 2 is 1.89 bits per heavy atom. The van der Waals surface area contributed by atoms with Crippen LogP contribution in [0.5, 0.6) is 0 Å². The van der Waals surface area contributed by atoms with Gasteiger partial charge in [0.2, 0.25) is 0 Å². The summed E-state index contributed by atoms with van der Waals surface area (Å²) in [7, 11) is 0. The molecule has 0 atom stereocenters. The van der Waals surface area contributed by atoms with Crippen molar-refractivity contribution in [2.75, 3.05) is 6.54 Å². The molecule has 0 unspecified atom stereocenters. The van der Waals surface area contributed by atoms with E-state index in [1.54, 1.807) is 0 Å². The minimum Gasteiger partial charge on any atom is -0.370 e. The number of hydrogen-bond donors (Lipinski definition) is 2. The highest BCUT2D eigenvalue weighted by atomic mass is 35.5. The SMILES string of the molecule is CC(C)NC(N)=NCC(C)(C)c1ccc(Cl)cc1. The second kappa shape index (κ2) is 6.10. The lowest BCUT2D eigenvalue weighted by molar-refractivity contribution is 0.537. The molecule has 0 spiro atoms. The average molecular weight is 268 g/mol. The summed E-state index contributed by atoms with van der Waals surface area (Å²) < 4.78 is 0. The molecular weight excluding hydrogens is 246 g/mol. The molecule has 0 aromatic heterocycles. The number of nitrogens with zero attached hydrogens (tertiary/aromatic N) is 1. The van der Waals surface area contributed by atoms with Gasteiger partial charge in [0.25, 0.3) is 0 Å². The summed E-state index contributed by atoms with van der Waals surface area (Å²) in [4.78, 5) is 4.39. The average Bonchev–Trinajstić information content (AvgIpc) is 2.26. The van der Waals surface area contributed by atoms with Gasteiger partial charge < -0.3 is 11.1 Å². The number of rotatable bonds is 4. The van der Waals surface area contributed by atoms with Crippen LogP contribution in [-0.2, 0) is 5.41 Å². The van der Waals surface area contributed by atoms with Crippen molar-refractivity contribution in [1.82, 2.24) is 5.32 Å². The fourth-order valence-corrected chi connectivity index (χ4v) is 1.74. The highest BCUT2D eigenvalue weighted by molar-refractivity contribution is 6.30. The Morgan fingerprint density at radius 3 is 2.39 bits per heavy atom. The largest absolute Gasteiger partial charge is 0.370 e. The number of hydrogen-bond acceptors (Lipinski definition) is 1. The molecule has 0 saturated heterocycles. The van der Waals surface area contributed by atoms with Crippen molar-refractivity contribution >= 4 is 17.6 Å². The quantitative estimate of drug-likeness (QED) is 0.651. The fourth-order valence-electron chi connectivity index (χ4n) is 1.62. The van der Waals surface area contributed by atoms with E-state index in [9.17, 15) is 0 Å². The van der Waals surface area contributed by atoms with Crippen molar-refractivity contribution in [3.63, 3.8) is 0 Å². The van der Waals surface area contributed by atoms with Gasteiger partial charge in [-0.05, 0) is 31.5 Å². The number of nitrogens with two attached hydrogens (primary N) is 1. The lowest BCUT2D eigenvalue weighted by Gasteiger charge is -2.23. The van der Waals surface area contributed by atoms with Crippen LogP contribution in [0.15, 0.2) is 29.3 Å². The minimum atomic E-state index is -0.0616. The predicted molar refractivity (Wildman–Crippen MR) is 79.2 cm³/mol. The second-order valence-corrected chi connectivity index (χ2v) is 5.83. The Labute approximate surface area is 114 Å². The maximum absolute atomic E-state index is 5.89. The van der Waals surface area contributed by atoms with Crippen LogP contribution in [0, 0.1) is 0 Å². The van der Waals surface area contributed by atoms with Gasteiger partial charge in [0.15, 0.2) is 5.96 Å². The Kier molecular flexibility index (Phi) is 5.03. The van der Waals surface area contributed by atoms with Crippen LogP contribution in [0.1, 0.15) is 33.3 Å². The molecule has 3 N–H and O–H groups in total. The molecule has 3 nitrogen and oxygen atoms in total. The van der Waals surface area contributed by atoms with Crippen LogP contribution < -0.4 is 11.1 Å². The first kappa shape index (κ1) is 14.8. The zero-order valence-electron chi connectivity index (χ0n) is 11.5. The van der Waals surface area contributed by atoms with E-state index in [-0.39, 0.29) is 5.41 Å². The van der Waals surface area contributed by atoms with Gasteiger partial charge in [-0.3, -0.25) is 4.99 Å². The van der Waals surface area contributed by atoms with E-state index in [1.807, 2.05) is 38.1 Å². The summed E-state index contributed by atoms with van der Waals surface area (Å²) in [5.74, 6) is 0.493. The Bertz CT molecular complexity index is 408. The standard InChI is InChI=1S/C14H22ClN3/c1-10(2)18-13(16)17-9-14(3,4)11-5-7-12(15)8-6-11/h5-8,10H,9H2,1-4H3,(H3,16,17,18). The maximum atomic E-state index is 5.89. The summed E-state index contributed by atoms with van der Waals surface area (Å²) in [5.41, 5.74) is 6.94. The van der Waals surface area contributed by atoms with Gasteiger partial charge in [-0.15, -0.1) is 0 Å². The minimum absolute atomic E-state index is 0.0616. The van der Waals surface area contributed by atoms with Gasteiger partial charge in [0.1, 0.15) is 0 Å². The van der Waals surface area contributed by atoms with Gasteiger partial charge in [0.05, 0.1) is 6.54 Å². The highest BCUT2D eigenvalue weighted by Crippen LogP contribution is 2.24. The normalized spacial score (nSPS) is 12.9. The molecule has 0 bridgehead atoms. The van der Waals surface area contributed by atoms with E-state index in [4.69, 9.17) is 17.3 Å². The number of nitrogens with one attached hydrogen (secondary N) is 1. The third-order valence-electron chi connectivity index (χ3n) is 2.71. The lowest BCUT2D eigenvalue weighted by atomic mass is 9.85. The van der Waals surface area contributed by atoms with Crippen molar-refractivity contribution in [3.05, 3.63) is 34.9 Å². The third-order valence-corrected chi connectivity index (χ3v) is 2.96. The van der Waals surface area contributed by atoms with E-state index < -0.39 is 0 Å². The molecular formula is C14H22ClN3. The van der Waals surface area contributed by atoms with Crippen molar-refractivity contribution in [3.8, 4) is 0 Å². The number of benzene rings is 1.